The monoisotopic (exact) mass is 489 g/mol. The molecule has 2 rings (SSSR count). The van der Waals surface area contributed by atoms with Crippen molar-refractivity contribution in [3.05, 3.63) is 67.5 Å². The second kappa shape index (κ2) is 13.5. The van der Waals surface area contributed by atoms with Crippen molar-refractivity contribution in [3.8, 4) is 5.75 Å². The lowest BCUT2D eigenvalue weighted by atomic mass is 10.00. The first-order chi connectivity index (χ1) is 16.3. The maximum absolute atomic E-state index is 12.9. The van der Waals surface area contributed by atoms with E-state index in [1.807, 2.05) is 26.0 Å². The van der Waals surface area contributed by atoms with Crippen LogP contribution in [-0.2, 0) is 16.1 Å². The van der Waals surface area contributed by atoms with Gasteiger partial charge in [-0.25, -0.2) is 9.59 Å². The third-order valence-corrected chi connectivity index (χ3v) is 5.93. The summed E-state index contributed by atoms with van der Waals surface area (Å²) in [6, 6.07) is 5.14. The van der Waals surface area contributed by atoms with Gasteiger partial charge in [0.2, 0.25) is 0 Å². The predicted molar refractivity (Wildman–Crippen MR) is 131 cm³/mol. The number of hydrogen-bond acceptors (Lipinski definition) is 8. The minimum absolute atomic E-state index is 0.193. The molecule has 2 aromatic heterocycles. The standard InChI is InChI=1S/C25H31NO7S/c1-5-12-32-15-19-10-9-18(34-19)13-17(3)23(28)22-20(27)14-21(33-24(22)29)16(2)8-6-7-11-26-25(30)31-4/h7,9-11,13-14,16,27H,5-6,8,12,15H2,1-4H3,(H,26,30)/b11-7+,17-13+. The van der Waals surface area contributed by atoms with E-state index in [-0.39, 0.29) is 17.2 Å². The van der Waals surface area contributed by atoms with Gasteiger partial charge in [0.05, 0.1) is 13.7 Å². The van der Waals surface area contributed by atoms with Gasteiger partial charge in [-0.3, -0.25) is 10.1 Å². The Balaban J connectivity index is 2.07. The van der Waals surface area contributed by atoms with Gasteiger partial charge in [-0.15, -0.1) is 11.3 Å². The number of methoxy groups -OCH3 is 1. The van der Waals surface area contributed by atoms with Gasteiger partial charge in [0.25, 0.3) is 0 Å². The zero-order valence-electron chi connectivity index (χ0n) is 19.9. The summed E-state index contributed by atoms with van der Waals surface area (Å²) in [4.78, 5) is 38.3. The molecule has 0 spiro atoms. The number of nitrogens with one attached hydrogen (secondary N) is 1. The average molecular weight is 490 g/mol. The van der Waals surface area contributed by atoms with Gasteiger partial charge in [0.1, 0.15) is 17.1 Å². The summed E-state index contributed by atoms with van der Waals surface area (Å²) in [7, 11) is 1.27. The van der Waals surface area contributed by atoms with Crippen LogP contribution in [0.3, 0.4) is 0 Å². The van der Waals surface area contributed by atoms with Crippen LogP contribution in [0.25, 0.3) is 6.08 Å². The van der Waals surface area contributed by atoms with Crippen LogP contribution in [0.5, 0.6) is 5.75 Å². The van der Waals surface area contributed by atoms with Crippen molar-refractivity contribution in [2.75, 3.05) is 13.7 Å². The van der Waals surface area contributed by atoms with E-state index < -0.39 is 23.3 Å². The largest absolute Gasteiger partial charge is 0.507 e. The Morgan fingerprint density at radius 3 is 2.76 bits per heavy atom. The first-order valence-electron chi connectivity index (χ1n) is 11.0. The van der Waals surface area contributed by atoms with Gasteiger partial charge in [0, 0.05) is 34.5 Å². The van der Waals surface area contributed by atoms with Gasteiger partial charge in [-0.2, -0.15) is 0 Å². The molecule has 0 aromatic carbocycles. The number of Topliss-reactive ketones (excluding diaryl/α,β-unsaturated/α-hetero) is 1. The third-order valence-electron chi connectivity index (χ3n) is 4.93. The molecule has 184 valence electrons. The van der Waals surface area contributed by atoms with Crippen molar-refractivity contribution >= 4 is 29.3 Å². The summed E-state index contributed by atoms with van der Waals surface area (Å²) >= 11 is 1.50. The topological polar surface area (TPSA) is 115 Å². The van der Waals surface area contributed by atoms with Crippen molar-refractivity contribution in [3.63, 3.8) is 0 Å². The Bertz CT molecular complexity index is 1100. The number of carbonyl (C=O) groups is 2. The van der Waals surface area contributed by atoms with Crippen LogP contribution >= 0.6 is 11.3 Å². The first-order valence-corrected chi connectivity index (χ1v) is 11.8. The maximum atomic E-state index is 12.9. The van der Waals surface area contributed by atoms with Crippen LogP contribution in [0.2, 0.25) is 0 Å². The molecule has 0 aliphatic rings. The van der Waals surface area contributed by atoms with E-state index in [1.54, 1.807) is 19.1 Å². The minimum atomic E-state index is -0.873. The highest BCUT2D eigenvalue weighted by molar-refractivity contribution is 7.12. The number of aromatic hydroxyl groups is 1. The number of carbonyl (C=O) groups excluding carboxylic acids is 2. The fourth-order valence-electron chi connectivity index (χ4n) is 3.05. The Kier molecular flexibility index (Phi) is 10.8. The van der Waals surface area contributed by atoms with Gasteiger partial charge in [0.15, 0.2) is 5.78 Å². The van der Waals surface area contributed by atoms with Crippen molar-refractivity contribution < 1.29 is 28.6 Å². The second-order valence-electron chi connectivity index (χ2n) is 7.73. The molecule has 0 saturated heterocycles. The summed E-state index contributed by atoms with van der Waals surface area (Å²) < 4.78 is 15.3. The van der Waals surface area contributed by atoms with Gasteiger partial charge in [-0.1, -0.05) is 19.9 Å². The molecule has 2 aromatic rings. The number of ether oxygens (including phenoxy) is 2. The Hall–Kier alpha value is -3.17. The summed E-state index contributed by atoms with van der Waals surface area (Å²) in [6.45, 7) is 6.68. The zero-order chi connectivity index (χ0) is 25.1. The molecule has 34 heavy (non-hydrogen) atoms. The number of amides is 1. The van der Waals surface area contributed by atoms with E-state index in [4.69, 9.17) is 9.15 Å². The molecular weight excluding hydrogens is 458 g/mol. The van der Waals surface area contributed by atoms with Crippen LogP contribution in [0.15, 0.2) is 45.3 Å². The lowest BCUT2D eigenvalue weighted by Crippen LogP contribution is -2.16. The highest BCUT2D eigenvalue weighted by atomic mass is 32.1. The van der Waals surface area contributed by atoms with Gasteiger partial charge in [-0.05, 0) is 50.0 Å². The molecule has 2 N–H and O–H groups in total. The van der Waals surface area contributed by atoms with E-state index in [0.29, 0.717) is 31.6 Å². The normalized spacial score (nSPS) is 12.6. The highest BCUT2D eigenvalue weighted by Crippen LogP contribution is 2.27. The number of thiophene rings is 1. The van der Waals surface area contributed by atoms with Crippen LogP contribution in [0.4, 0.5) is 4.79 Å². The quantitative estimate of drug-likeness (QED) is 0.234. The molecule has 0 radical (unpaired) electrons. The SMILES string of the molecule is CCCOCc1ccc(/C=C(\C)C(=O)c2c(O)cc(C(C)CC/C=C/NC(=O)OC)oc2=O)s1. The molecular formula is C25H31NO7S. The molecule has 1 unspecified atom stereocenters. The van der Waals surface area contributed by atoms with Crippen LogP contribution in [0.1, 0.15) is 71.8 Å². The van der Waals surface area contributed by atoms with Crippen molar-refractivity contribution in [1.29, 1.82) is 0 Å². The molecule has 0 bridgehead atoms. The van der Waals surface area contributed by atoms with Gasteiger partial charge >= 0.3 is 11.7 Å². The van der Waals surface area contributed by atoms with Crippen LogP contribution in [-0.4, -0.2) is 30.7 Å². The minimum Gasteiger partial charge on any atom is -0.507 e. The average Bonchev–Trinajstić information content (AvgIpc) is 3.25. The number of alkyl carbamates (subject to hydrolysis) is 1. The Morgan fingerprint density at radius 2 is 2.09 bits per heavy atom. The second-order valence-corrected chi connectivity index (χ2v) is 8.93. The molecule has 0 aliphatic heterocycles. The third kappa shape index (κ3) is 8.00. The zero-order valence-corrected chi connectivity index (χ0v) is 20.7. The molecule has 2 heterocycles. The van der Waals surface area contributed by atoms with Crippen LogP contribution in [0, 0.1) is 0 Å². The lowest BCUT2D eigenvalue weighted by molar-refractivity contribution is 0.102. The molecule has 0 fully saturated rings. The fourth-order valence-corrected chi connectivity index (χ4v) is 4.00. The molecule has 0 aliphatic carbocycles. The van der Waals surface area contributed by atoms with Gasteiger partial charge < -0.3 is 19.0 Å². The highest BCUT2D eigenvalue weighted by Gasteiger charge is 2.22. The molecule has 1 amide bonds. The van der Waals surface area contributed by atoms with E-state index in [9.17, 15) is 19.5 Å². The Morgan fingerprint density at radius 1 is 1.32 bits per heavy atom. The summed E-state index contributed by atoms with van der Waals surface area (Å²) in [5, 5.41) is 12.9. The van der Waals surface area contributed by atoms with Crippen molar-refractivity contribution in [1.82, 2.24) is 5.32 Å². The summed E-state index contributed by atoms with van der Waals surface area (Å²) in [6.07, 6.45) is 6.45. The number of ketones is 1. The van der Waals surface area contributed by atoms with E-state index >= 15 is 0 Å². The predicted octanol–water partition coefficient (Wildman–Crippen LogP) is 5.37. The van der Waals surface area contributed by atoms with Crippen molar-refractivity contribution in [2.24, 2.45) is 0 Å². The summed E-state index contributed by atoms with van der Waals surface area (Å²) in [5.41, 5.74) is -0.938. The van der Waals surface area contributed by atoms with E-state index in [0.717, 1.165) is 16.2 Å². The molecule has 8 nitrogen and oxygen atoms in total. The molecule has 9 heteroatoms. The Labute approximate surface area is 202 Å². The van der Waals surface area contributed by atoms with E-state index in [1.165, 1.54) is 30.7 Å². The number of hydrogen-bond donors (Lipinski definition) is 2. The smallest absolute Gasteiger partial charge is 0.410 e. The molecule has 0 saturated carbocycles. The van der Waals surface area contributed by atoms with Crippen LogP contribution < -0.4 is 10.9 Å². The maximum Gasteiger partial charge on any atom is 0.410 e. The first kappa shape index (κ1) is 27.1. The summed E-state index contributed by atoms with van der Waals surface area (Å²) in [5.74, 6) is -0.898. The van der Waals surface area contributed by atoms with E-state index in [2.05, 4.69) is 10.1 Å². The number of allylic oxidation sites excluding steroid dienone is 2. The fraction of sp³-hybridized carbons (Fsp3) is 0.400. The number of rotatable bonds is 12. The molecule has 1 atom stereocenters. The lowest BCUT2D eigenvalue weighted by Gasteiger charge is -2.11. The van der Waals surface area contributed by atoms with Crippen molar-refractivity contribution in [2.45, 2.75) is 52.6 Å².